The highest BCUT2D eigenvalue weighted by molar-refractivity contribution is 7.09. The summed E-state index contributed by atoms with van der Waals surface area (Å²) in [6.45, 7) is 0.437. The van der Waals surface area contributed by atoms with E-state index in [1.165, 1.54) is 16.2 Å². The Balaban J connectivity index is 1.36. The minimum absolute atomic E-state index is 0.107. The van der Waals surface area contributed by atoms with Gasteiger partial charge in [-0.3, -0.25) is 9.69 Å². The molecule has 1 aliphatic heterocycles. The van der Waals surface area contributed by atoms with Crippen LogP contribution in [0.1, 0.15) is 21.8 Å². The van der Waals surface area contributed by atoms with Crippen molar-refractivity contribution in [1.29, 1.82) is 0 Å². The second-order valence-electron chi connectivity index (χ2n) is 8.09. The van der Waals surface area contributed by atoms with Crippen molar-refractivity contribution in [2.24, 2.45) is 0 Å². The van der Waals surface area contributed by atoms with E-state index in [0.717, 1.165) is 21.9 Å². The maximum Gasteiger partial charge on any atom is 0.325 e. The number of rotatable bonds is 8. The summed E-state index contributed by atoms with van der Waals surface area (Å²) in [4.78, 5) is 32.6. The van der Waals surface area contributed by atoms with Gasteiger partial charge in [0, 0.05) is 11.8 Å². The minimum Gasteiger partial charge on any atom is -0.486 e. The molecule has 5 rings (SSSR count). The summed E-state index contributed by atoms with van der Waals surface area (Å²) >= 11 is 1.45. The lowest BCUT2D eigenvalue weighted by atomic mass is 9.83. The van der Waals surface area contributed by atoms with E-state index in [2.05, 4.69) is 10.3 Å². The van der Waals surface area contributed by atoms with E-state index >= 15 is 0 Å². The summed E-state index contributed by atoms with van der Waals surface area (Å²) < 4.78 is 5.76. The van der Waals surface area contributed by atoms with Gasteiger partial charge in [0.05, 0.1) is 12.2 Å². The molecule has 7 heteroatoms. The van der Waals surface area contributed by atoms with Crippen LogP contribution in [0.2, 0.25) is 0 Å². The summed E-state index contributed by atoms with van der Waals surface area (Å²) in [5.41, 5.74) is 1.23. The van der Waals surface area contributed by atoms with Gasteiger partial charge in [-0.1, -0.05) is 78.9 Å². The first-order chi connectivity index (χ1) is 16.6. The fourth-order valence-corrected chi connectivity index (χ4v) is 4.82. The van der Waals surface area contributed by atoms with Crippen LogP contribution in [-0.4, -0.2) is 21.8 Å². The van der Waals surface area contributed by atoms with E-state index in [1.807, 2.05) is 96.4 Å². The lowest BCUT2D eigenvalue weighted by molar-refractivity contribution is -0.132. The van der Waals surface area contributed by atoms with E-state index in [4.69, 9.17) is 4.74 Å². The zero-order valence-electron chi connectivity index (χ0n) is 18.4. The number of nitrogens with one attached hydrogen (secondary N) is 1. The summed E-state index contributed by atoms with van der Waals surface area (Å²) in [7, 11) is 0. The lowest BCUT2D eigenvalue weighted by Gasteiger charge is -2.27. The van der Waals surface area contributed by atoms with Gasteiger partial charge in [0.15, 0.2) is 5.54 Å². The molecule has 4 aromatic rings. The number of aromatic nitrogens is 1. The number of carbonyl (C=O) groups is 2. The van der Waals surface area contributed by atoms with Crippen molar-refractivity contribution >= 4 is 23.3 Å². The Kier molecular flexibility index (Phi) is 6.10. The fraction of sp³-hybridized carbons (Fsp3) is 0.148. The average Bonchev–Trinajstić information content (AvgIpc) is 3.43. The van der Waals surface area contributed by atoms with Crippen LogP contribution in [-0.2, 0) is 29.9 Å². The number of thiazole rings is 1. The number of carbonyl (C=O) groups excluding carboxylic acids is 2. The van der Waals surface area contributed by atoms with Crippen LogP contribution in [0.25, 0.3) is 0 Å². The number of para-hydroxylation sites is 1. The molecule has 3 aromatic carbocycles. The molecule has 1 aromatic heterocycles. The van der Waals surface area contributed by atoms with Gasteiger partial charge in [-0.25, -0.2) is 9.78 Å². The third-order valence-electron chi connectivity index (χ3n) is 5.78. The number of nitrogens with zero attached hydrogens (tertiary/aromatic N) is 2. The summed E-state index contributed by atoms with van der Waals surface area (Å²) in [5, 5.41) is 5.64. The van der Waals surface area contributed by atoms with Crippen LogP contribution < -0.4 is 10.1 Å². The maximum absolute atomic E-state index is 13.8. The molecule has 1 atom stereocenters. The second kappa shape index (κ2) is 9.49. The SMILES string of the molecule is O=C1NC(Cc2ccccc2)(c2ccccc2)C(=O)N1Cc1csc(COc2ccccc2)n1. The third kappa shape index (κ3) is 4.43. The van der Waals surface area contributed by atoms with E-state index in [9.17, 15) is 9.59 Å². The Morgan fingerprint density at radius 2 is 1.53 bits per heavy atom. The molecule has 2 heterocycles. The molecule has 0 bridgehead atoms. The van der Waals surface area contributed by atoms with Gasteiger partial charge in [0.1, 0.15) is 17.4 Å². The van der Waals surface area contributed by atoms with Crippen LogP contribution in [0, 0.1) is 0 Å². The van der Waals surface area contributed by atoms with E-state index in [-0.39, 0.29) is 12.5 Å². The predicted molar refractivity (Wildman–Crippen MR) is 130 cm³/mol. The van der Waals surface area contributed by atoms with Crippen LogP contribution in [0.5, 0.6) is 5.75 Å². The quantitative estimate of drug-likeness (QED) is 0.372. The highest BCUT2D eigenvalue weighted by atomic mass is 32.1. The molecule has 0 saturated carbocycles. The number of imide groups is 1. The van der Waals surface area contributed by atoms with Crippen molar-refractivity contribution in [3.8, 4) is 5.75 Å². The number of benzene rings is 3. The molecular formula is C27H23N3O3S. The first-order valence-corrected chi connectivity index (χ1v) is 11.9. The molecule has 3 amide bonds. The van der Waals surface area contributed by atoms with Gasteiger partial charge in [-0.05, 0) is 23.3 Å². The Bertz CT molecular complexity index is 1280. The predicted octanol–water partition coefficient (Wildman–Crippen LogP) is 4.91. The molecule has 170 valence electrons. The number of amides is 3. The zero-order valence-corrected chi connectivity index (χ0v) is 19.2. The zero-order chi connectivity index (χ0) is 23.4. The van der Waals surface area contributed by atoms with Crippen molar-refractivity contribution in [2.45, 2.75) is 25.1 Å². The minimum atomic E-state index is -1.16. The fourth-order valence-electron chi connectivity index (χ4n) is 4.12. The monoisotopic (exact) mass is 469 g/mol. The molecule has 1 unspecified atom stereocenters. The van der Waals surface area contributed by atoms with Crippen molar-refractivity contribution in [1.82, 2.24) is 15.2 Å². The molecule has 0 aliphatic carbocycles. The van der Waals surface area contributed by atoms with Gasteiger partial charge in [-0.2, -0.15) is 0 Å². The normalized spacial score (nSPS) is 17.6. The first-order valence-electron chi connectivity index (χ1n) is 11.0. The van der Waals surface area contributed by atoms with Crippen molar-refractivity contribution in [2.75, 3.05) is 0 Å². The Hall–Kier alpha value is -3.97. The molecule has 0 radical (unpaired) electrons. The van der Waals surface area contributed by atoms with Gasteiger partial charge in [-0.15, -0.1) is 11.3 Å². The van der Waals surface area contributed by atoms with Crippen LogP contribution in [0.4, 0.5) is 4.79 Å². The van der Waals surface area contributed by atoms with Crippen molar-refractivity contribution < 1.29 is 14.3 Å². The number of ether oxygens (including phenoxy) is 1. The third-order valence-corrected chi connectivity index (χ3v) is 6.65. The number of hydrogen-bond donors (Lipinski definition) is 1. The number of urea groups is 1. The van der Waals surface area contributed by atoms with Gasteiger partial charge in [0.2, 0.25) is 0 Å². The smallest absolute Gasteiger partial charge is 0.325 e. The Labute approximate surface area is 201 Å². The molecule has 0 spiro atoms. The number of hydrogen-bond acceptors (Lipinski definition) is 5. The Morgan fingerprint density at radius 1 is 0.882 bits per heavy atom. The average molecular weight is 470 g/mol. The van der Waals surface area contributed by atoms with Crippen molar-refractivity contribution in [3.05, 3.63) is 118 Å². The largest absolute Gasteiger partial charge is 0.486 e. The molecule has 1 saturated heterocycles. The Morgan fingerprint density at radius 3 is 2.24 bits per heavy atom. The highest BCUT2D eigenvalue weighted by Gasteiger charge is 2.52. The van der Waals surface area contributed by atoms with Crippen molar-refractivity contribution in [3.63, 3.8) is 0 Å². The molecule has 34 heavy (non-hydrogen) atoms. The lowest BCUT2D eigenvalue weighted by Crippen LogP contribution is -2.46. The molecule has 1 N–H and O–H groups in total. The molecular weight excluding hydrogens is 446 g/mol. The van der Waals surface area contributed by atoms with Gasteiger partial charge >= 0.3 is 6.03 Å². The molecule has 1 fully saturated rings. The van der Waals surface area contributed by atoms with Crippen LogP contribution in [0.15, 0.2) is 96.4 Å². The van der Waals surface area contributed by atoms with E-state index in [0.29, 0.717) is 18.7 Å². The second-order valence-corrected chi connectivity index (χ2v) is 9.03. The first kappa shape index (κ1) is 21.9. The van der Waals surface area contributed by atoms with Crippen LogP contribution >= 0.6 is 11.3 Å². The summed E-state index contributed by atoms with van der Waals surface area (Å²) in [5.74, 6) is 0.490. The molecule has 6 nitrogen and oxygen atoms in total. The summed E-state index contributed by atoms with van der Waals surface area (Å²) in [6.07, 6.45) is 0.367. The highest BCUT2D eigenvalue weighted by Crippen LogP contribution is 2.34. The van der Waals surface area contributed by atoms with Crippen LogP contribution in [0.3, 0.4) is 0 Å². The van der Waals surface area contributed by atoms with Gasteiger partial charge < -0.3 is 10.1 Å². The topological polar surface area (TPSA) is 71.5 Å². The molecule has 1 aliphatic rings. The summed E-state index contributed by atoms with van der Waals surface area (Å²) in [6, 6.07) is 28.3. The maximum atomic E-state index is 13.8. The van der Waals surface area contributed by atoms with E-state index in [1.54, 1.807) is 0 Å². The van der Waals surface area contributed by atoms with E-state index < -0.39 is 11.6 Å². The standard InChI is InChI=1S/C27H23N3O3S/c31-25-27(21-12-6-2-7-13-21,16-20-10-4-1-5-11-20)29-26(32)30(25)17-22-19-34-24(28-22)18-33-23-14-8-3-9-15-23/h1-15,19H,16-18H2,(H,29,32). The van der Waals surface area contributed by atoms with Gasteiger partial charge in [0.25, 0.3) is 5.91 Å².